The minimum Gasteiger partial charge on any atom is -0.456 e. The van der Waals surface area contributed by atoms with Gasteiger partial charge in [-0.2, -0.15) is 0 Å². The number of carbonyl (C=O) groups excluding carboxylic acids is 1. The lowest BCUT2D eigenvalue weighted by Gasteiger charge is -2.06. The number of ether oxygens (including phenoxy) is 1. The van der Waals surface area contributed by atoms with Crippen molar-refractivity contribution in [2.45, 2.75) is 19.8 Å². The first kappa shape index (κ1) is 11.3. The SMILES string of the molecule is C#CC(=O)OCCc1ccccc1CC. The van der Waals surface area contributed by atoms with Crippen molar-refractivity contribution in [1.29, 1.82) is 0 Å². The predicted octanol–water partition coefficient (Wildman–Crippen LogP) is 1.97. The average Bonchev–Trinajstić information content (AvgIpc) is 2.29. The van der Waals surface area contributed by atoms with Gasteiger partial charge in [0.25, 0.3) is 0 Å². The highest BCUT2D eigenvalue weighted by Crippen LogP contribution is 2.10. The molecule has 78 valence electrons. The Morgan fingerprint density at radius 2 is 2.07 bits per heavy atom. The zero-order valence-electron chi connectivity index (χ0n) is 8.82. The molecule has 0 aliphatic heterocycles. The summed E-state index contributed by atoms with van der Waals surface area (Å²) in [4.78, 5) is 10.7. The third-order valence-corrected chi connectivity index (χ3v) is 2.22. The molecule has 0 amide bonds. The van der Waals surface area contributed by atoms with Crippen molar-refractivity contribution in [1.82, 2.24) is 0 Å². The van der Waals surface area contributed by atoms with E-state index in [9.17, 15) is 4.79 Å². The first-order chi connectivity index (χ1) is 7.27. The lowest BCUT2D eigenvalue weighted by atomic mass is 10.0. The van der Waals surface area contributed by atoms with Crippen molar-refractivity contribution in [3.05, 3.63) is 35.4 Å². The minimum atomic E-state index is -0.594. The zero-order valence-corrected chi connectivity index (χ0v) is 8.82. The molecule has 0 saturated heterocycles. The van der Waals surface area contributed by atoms with E-state index in [-0.39, 0.29) is 0 Å². The molecule has 2 heteroatoms. The van der Waals surface area contributed by atoms with Gasteiger partial charge in [0, 0.05) is 12.3 Å². The quantitative estimate of drug-likeness (QED) is 0.424. The van der Waals surface area contributed by atoms with Crippen LogP contribution in [0.3, 0.4) is 0 Å². The Hall–Kier alpha value is -1.75. The van der Waals surface area contributed by atoms with Crippen LogP contribution in [0, 0.1) is 12.3 Å². The minimum absolute atomic E-state index is 0.347. The first-order valence-corrected chi connectivity index (χ1v) is 4.98. The van der Waals surface area contributed by atoms with Gasteiger partial charge in [-0.05, 0) is 17.5 Å². The van der Waals surface area contributed by atoms with Crippen LogP contribution in [0.25, 0.3) is 0 Å². The normalized spacial score (nSPS) is 9.33. The summed E-state index contributed by atoms with van der Waals surface area (Å²) in [7, 11) is 0. The molecule has 2 nitrogen and oxygen atoms in total. The molecule has 0 heterocycles. The van der Waals surface area contributed by atoms with Crippen molar-refractivity contribution in [3.8, 4) is 12.3 Å². The molecule has 1 aromatic rings. The number of esters is 1. The Morgan fingerprint density at radius 3 is 2.67 bits per heavy atom. The van der Waals surface area contributed by atoms with Crippen molar-refractivity contribution in [3.63, 3.8) is 0 Å². The molecular formula is C13H14O2. The number of aryl methyl sites for hydroxylation is 1. The summed E-state index contributed by atoms with van der Waals surface area (Å²) in [6, 6.07) is 8.12. The maximum absolute atomic E-state index is 10.7. The largest absolute Gasteiger partial charge is 0.456 e. The highest BCUT2D eigenvalue weighted by molar-refractivity contribution is 5.87. The summed E-state index contributed by atoms with van der Waals surface area (Å²) in [5, 5.41) is 0. The molecule has 0 aliphatic rings. The van der Waals surface area contributed by atoms with Crippen LogP contribution >= 0.6 is 0 Å². The second-order valence-corrected chi connectivity index (χ2v) is 3.15. The summed E-state index contributed by atoms with van der Waals surface area (Å²) >= 11 is 0. The van der Waals surface area contributed by atoms with Gasteiger partial charge in [-0.1, -0.05) is 31.2 Å². The van der Waals surface area contributed by atoms with E-state index >= 15 is 0 Å². The number of terminal acetylenes is 1. The molecule has 0 aliphatic carbocycles. The van der Waals surface area contributed by atoms with Crippen molar-refractivity contribution < 1.29 is 9.53 Å². The topological polar surface area (TPSA) is 26.3 Å². The molecule has 0 bridgehead atoms. The smallest absolute Gasteiger partial charge is 0.384 e. The van der Waals surface area contributed by atoms with E-state index in [2.05, 4.69) is 13.0 Å². The fourth-order valence-electron chi connectivity index (χ4n) is 1.44. The summed E-state index contributed by atoms with van der Waals surface area (Å²) in [5.41, 5.74) is 2.50. The van der Waals surface area contributed by atoms with E-state index < -0.39 is 5.97 Å². The van der Waals surface area contributed by atoms with Crippen LogP contribution in [0.5, 0.6) is 0 Å². The second-order valence-electron chi connectivity index (χ2n) is 3.15. The van der Waals surface area contributed by atoms with E-state index in [1.54, 1.807) is 0 Å². The number of rotatable bonds is 4. The first-order valence-electron chi connectivity index (χ1n) is 4.98. The Bertz CT molecular complexity index is 374. The van der Waals surface area contributed by atoms with Gasteiger partial charge < -0.3 is 4.74 Å². The fourth-order valence-corrected chi connectivity index (χ4v) is 1.44. The molecule has 0 spiro atoms. The maximum atomic E-state index is 10.7. The maximum Gasteiger partial charge on any atom is 0.384 e. The van der Waals surface area contributed by atoms with Gasteiger partial charge in [0.1, 0.15) is 0 Å². The van der Waals surface area contributed by atoms with Gasteiger partial charge in [-0.3, -0.25) is 0 Å². The van der Waals surface area contributed by atoms with Gasteiger partial charge in [-0.15, -0.1) is 6.42 Å². The number of benzene rings is 1. The average molecular weight is 202 g/mol. The third-order valence-electron chi connectivity index (χ3n) is 2.22. The molecule has 0 fully saturated rings. The van der Waals surface area contributed by atoms with E-state index in [0.717, 1.165) is 12.8 Å². The highest BCUT2D eigenvalue weighted by atomic mass is 16.5. The summed E-state index contributed by atoms with van der Waals surface area (Å²) in [5.74, 6) is 1.33. The monoisotopic (exact) mass is 202 g/mol. The van der Waals surface area contributed by atoms with Crippen LogP contribution in [-0.2, 0) is 22.4 Å². The van der Waals surface area contributed by atoms with Gasteiger partial charge in [0.05, 0.1) is 6.61 Å². The van der Waals surface area contributed by atoms with Crippen LogP contribution in [-0.4, -0.2) is 12.6 Å². The summed E-state index contributed by atoms with van der Waals surface area (Å²) in [6.45, 7) is 2.45. The van der Waals surface area contributed by atoms with Crippen molar-refractivity contribution in [2.75, 3.05) is 6.61 Å². The van der Waals surface area contributed by atoms with Crippen LogP contribution < -0.4 is 0 Å². The molecule has 15 heavy (non-hydrogen) atoms. The van der Waals surface area contributed by atoms with E-state index in [1.165, 1.54) is 11.1 Å². The van der Waals surface area contributed by atoms with Crippen LogP contribution in [0.4, 0.5) is 0 Å². The molecule has 0 aromatic heterocycles. The second kappa shape index (κ2) is 5.87. The Morgan fingerprint density at radius 1 is 1.40 bits per heavy atom. The van der Waals surface area contributed by atoms with Crippen molar-refractivity contribution >= 4 is 5.97 Å². The standard InChI is InChI=1S/C13H14O2/c1-3-11-7-5-6-8-12(11)9-10-15-13(14)4-2/h2,5-8H,3,9-10H2,1H3. The van der Waals surface area contributed by atoms with E-state index in [1.807, 2.05) is 24.1 Å². The lowest BCUT2D eigenvalue weighted by Crippen LogP contribution is -2.06. The van der Waals surface area contributed by atoms with Crippen LogP contribution in [0.2, 0.25) is 0 Å². The van der Waals surface area contributed by atoms with Gasteiger partial charge in [0.2, 0.25) is 0 Å². The van der Waals surface area contributed by atoms with Crippen LogP contribution in [0.1, 0.15) is 18.1 Å². The third kappa shape index (κ3) is 3.47. The Labute approximate surface area is 90.3 Å². The molecule has 0 atom stereocenters. The summed E-state index contributed by atoms with van der Waals surface area (Å²) < 4.78 is 4.82. The molecule has 1 aromatic carbocycles. The molecule has 0 N–H and O–H groups in total. The molecule has 0 radical (unpaired) electrons. The molecule has 0 unspecified atom stereocenters. The zero-order chi connectivity index (χ0) is 11.1. The molecular weight excluding hydrogens is 188 g/mol. The van der Waals surface area contributed by atoms with E-state index in [4.69, 9.17) is 11.2 Å². The lowest BCUT2D eigenvalue weighted by molar-refractivity contribution is -0.136. The molecule has 1 rings (SSSR count). The van der Waals surface area contributed by atoms with Gasteiger partial charge >= 0.3 is 5.97 Å². The van der Waals surface area contributed by atoms with Crippen LogP contribution in [0.15, 0.2) is 24.3 Å². The number of carbonyl (C=O) groups is 1. The highest BCUT2D eigenvalue weighted by Gasteiger charge is 2.01. The predicted molar refractivity (Wildman–Crippen MR) is 59.3 cm³/mol. The van der Waals surface area contributed by atoms with Crippen molar-refractivity contribution in [2.24, 2.45) is 0 Å². The summed E-state index contributed by atoms with van der Waals surface area (Å²) in [6.07, 6.45) is 6.59. The number of hydrogen-bond acceptors (Lipinski definition) is 2. The van der Waals surface area contributed by atoms with Gasteiger partial charge in [0.15, 0.2) is 0 Å². The number of hydrogen-bond donors (Lipinski definition) is 0. The van der Waals surface area contributed by atoms with Gasteiger partial charge in [-0.25, -0.2) is 4.79 Å². The molecule has 0 saturated carbocycles. The Kier molecular flexibility index (Phi) is 4.43. The Balaban J connectivity index is 2.51. The fraction of sp³-hybridized carbons (Fsp3) is 0.308. The van der Waals surface area contributed by atoms with E-state index in [0.29, 0.717) is 6.61 Å².